The topological polar surface area (TPSA) is 63.3 Å². The molecule has 1 rings (SSSR count). The first-order chi connectivity index (χ1) is 6.30. The van der Waals surface area contributed by atoms with E-state index in [-0.39, 0.29) is 4.90 Å². The molecule has 3 nitrogen and oxygen atoms in total. The third kappa shape index (κ3) is 3.30. The molecule has 0 radical (unpaired) electrons. The van der Waals surface area contributed by atoms with Gasteiger partial charge in [0.1, 0.15) is 0 Å². The highest BCUT2D eigenvalue weighted by molar-refractivity contribution is 9.38. The van der Waals surface area contributed by atoms with Gasteiger partial charge in [-0.15, -0.1) is 0 Å². The summed E-state index contributed by atoms with van der Waals surface area (Å²) in [7, 11) is 0. The van der Waals surface area contributed by atoms with Crippen molar-refractivity contribution in [2.75, 3.05) is 5.73 Å². The lowest BCUT2D eigenvalue weighted by Crippen LogP contribution is -2.02. The van der Waals surface area contributed by atoms with Gasteiger partial charge in [-0.1, -0.05) is 47.8 Å². The minimum Gasteiger partial charge on any atom is -0.399 e. The van der Waals surface area contributed by atoms with Gasteiger partial charge in [-0.2, -0.15) is 0 Å². The Kier molecular flexibility index (Phi) is 4.16. The molecule has 0 aliphatic carbocycles. The zero-order chi connectivity index (χ0) is 10.9. The summed E-state index contributed by atoms with van der Waals surface area (Å²) in [5, 5.41) is 0. The Morgan fingerprint density at radius 1 is 1.29 bits per heavy atom. The van der Waals surface area contributed by atoms with E-state index >= 15 is 0 Å². The quantitative estimate of drug-likeness (QED) is 0.427. The molecule has 0 amide bonds. The van der Waals surface area contributed by atoms with Crippen LogP contribution in [-0.4, -0.2) is 8.76 Å². The van der Waals surface area contributed by atoms with Gasteiger partial charge in [-0.25, -0.2) is 4.21 Å². The second kappa shape index (κ2) is 4.61. The van der Waals surface area contributed by atoms with Gasteiger partial charge >= 0.3 is 0 Å². The van der Waals surface area contributed by atoms with E-state index in [1.54, 1.807) is 12.1 Å². The molecule has 0 heterocycles. The maximum absolute atomic E-state index is 10.8. The van der Waals surface area contributed by atoms with Gasteiger partial charge < -0.3 is 10.3 Å². The number of alkyl halides is 3. The molecule has 0 aromatic heterocycles. The van der Waals surface area contributed by atoms with Gasteiger partial charge in [0.25, 0.3) is 0 Å². The van der Waals surface area contributed by atoms with Crippen LogP contribution < -0.4 is 5.73 Å². The van der Waals surface area contributed by atoms with E-state index in [1.165, 1.54) is 6.07 Å². The molecule has 0 fully saturated rings. The minimum absolute atomic E-state index is 0.266. The molecule has 0 aliphatic heterocycles. The lowest BCUT2D eigenvalue weighted by atomic mass is 10.2. The average molecular weight is 408 g/mol. The SMILES string of the molecule is Nc1cc(S(=O)O)cc(C(Br)(Br)Br)c1. The van der Waals surface area contributed by atoms with Crippen LogP contribution in [0.3, 0.4) is 0 Å². The molecule has 7 heteroatoms. The van der Waals surface area contributed by atoms with Gasteiger partial charge in [0.05, 0.1) is 4.90 Å². The molecule has 14 heavy (non-hydrogen) atoms. The van der Waals surface area contributed by atoms with Crippen molar-refractivity contribution in [1.82, 2.24) is 0 Å². The first kappa shape index (κ1) is 12.6. The van der Waals surface area contributed by atoms with Crippen LogP contribution in [0.1, 0.15) is 5.56 Å². The Morgan fingerprint density at radius 2 is 1.86 bits per heavy atom. The monoisotopic (exact) mass is 405 g/mol. The summed E-state index contributed by atoms with van der Waals surface area (Å²) in [5.41, 5.74) is 6.74. The van der Waals surface area contributed by atoms with Gasteiger partial charge in [0, 0.05) is 5.69 Å². The molecule has 0 bridgehead atoms. The normalized spacial score (nSPS) is 14.0. The molecular weight excluding hydrogens is 402 g/mol. The molecule has 1 atom stereocenters. The molecule has 0 spiro atoms. The fraction of sp³-hybridized carbons (Fsp3) is 0.143. The van der Waals surface area contributed by atoms with Crippen molar-refractivity contribution < 1.29 is 8.76 Å². The molecule has 3 N–H and O–H groups in total. The fourth-order valence-corrected chi connectivity index (χ4v) is 2.04. The van der Waals surface area contributed by atoms with Crippen LogP contribution in [0.5, 0.6) is 0 Å². The summed E-state index contributed by atoms with van der Waals surface area (Å²) in [6.07, 6.45) is 0. The molecule has 1 aromatic carbocycles. The Bertz CT molecular complexity index is 378. The van der Waals surface area contributed by atoms with Crippen molar-refractivity contribution in [2.24, 2.45) is 0 Å². The molecule has 0 saturated heterocycles. The van der Waals surface area contributed by atoms with Gasteiger partial charge in [0.15, 0.2) is 13.2 Å². The first-order valence-electron chi connectivity index (χ1n) is 3.39. The number of hydrogen-bond donors (Lipinski definition) is 2. The number of nitrogens with two attached hydrogens (primary N) is 1. The Hall–Kier alpha value is 0.570. The number of rotatable bonds is 1. The van der Waals surface area contributed by atoms with E-state index in [4.69, 9.17) is 10.3 Å². The second-order valence-corrected chi connectivity index (χ2v) is 10.3. The van der Waals surface area contributed by atoms with E-state index < -0.39 is 13.2 Å². The van der Waals surface area contributed by atoms with E-state index in [2.05, 4.69) is 47.8 Å². The highest BCUT2D eigenvalue weighted by Gasteiger charge is 2.22. The van der Waals surface area contributed by atoms with E-state index in [0.717, 1.165) is 5.56 Å². The maximum atomic E-state index is 10.8. The molecule has 1 unspecified atom stereocenters. The largest absolute Gasteiger partial charge is 0.399 e. The molecule has 78 valence electrons. The highest BCUT2D eigenvalue weighted by atomic mass is 80.0. The van der Waals surface area contributed by atoms with Gasteiger partial charge in [-0.05, 0) is 23.8 Å². The van der Waals surface area contributed by atoms with Gasteiger partial charge in [-0.3, -0.25) is 0 Å². The zero-order valence-electron chi connectivity index (χ0n) is 6.71. The summed E-state index contributed by atoms with van der Waals surface area (Å²) in [5.74, 6) is 0. The lowest BCUT2D eigenvalue weighted by Gasteiger charge is -2.13. The van der Waals surface area contributed by atoms with Crippen molar-refractivity contribution in [3.05, 3.63) is 23.8 Å². The van der Waals surface area contributed by atoms with Crippen molar-refractivity contribution in [1.29, 1.82) is 0 Å². The number of nitrogen functional groups attached to an aromatic ring is 1. The van der Waals surface area contributed by atoms with Crippen LogP contribution in [0.4, 0.5) is 5.69 Å². The van der Waals surface area contributed by atoms with Crippen molar-refractivity contribution in [3.63, 3.8) is 0 Å². The van der Waals surface area contributed by atoms with Crippen LogP contribution in [0.2, 0.25) is 0 Å². The molecule has 0 aliphatic rings. The second-order valence-electron chi connectivity index (χ2n) is 2.54. The van der Waals surface area contributed by atoms with Crippen LogP contribution in [0, 0.1) is 0 Å². The Balaban J connectivity index is 3.28. The predicted molar refractivity (Wildman–Crippen MR) is 68.4 cm³/mol. The van der Waals surface area contributed by atoms with E-state index in [1.807, 2.05) is 0 Å². The minimum atomic E-state index is -2.03. The Labute approximate surface area is 109 Å². The summed E-state index contributed by atoms with van der Waals surface area (Å²) < 4.78 is 19.1. The third-order valence-electron chi connectivity index (χ3n) is 1.46. The maximum Gasteiger partial charge on any atom is 0.186 e. The zero-order valence-corrected chi connectivity index (χ0v) is 12.3. The predicted octanol–water partition coefficient (Wildman–Crippen LogP) is 3.14. The third-order valence-corrected chi connectivity index (χ3v) is 3.47. The fourth-order valence-electron chi connectivity index (χ4n) is 0.887. The smallest absolute Gasteiger partial charge is 0.186 e. The summed E-state index contributed by atoms with van der Waals surface area (Å²) in [6, 6.07) is 4.72. The standard InChI is InChI=1S/C7H6Br3NO2S/c8-7(9,10)4-1-5(11)3-6(2-4)14(12)13/h1-3H,11H2,(H,12,13). The summed E-state index contributed by atoms with van der Waals surface area (Å²) in [6.45, 7) is 0. The van der Waals surface area contributed by atoms with Crippen LogP contribution in [0.25, 0.3) is 0 Å². The van der Waals surface area contributed by atoms with Crippen molar-refractivity contribution in [2.45, 2.75) is 7.04 Å². The number of anilines is 1. The summed E-state index contributed by atoms with van der Waals surface area (Å²) in [4.78, 5) is 0.266. The molecule has 1 aromatic rings. The van der Waals surface area contributed by atoms with E-state index in [0.29, 0.717) is 5.69 Å². The molecular formula is C7H6Br3NO2S. The summed E-state index contributed by atoms with van der Waals surface area (Å²) >= 11 is 7.88. The van der Waals surface area contributed by atoms with Crippen LogP contribution >= 0.6 is 47.8 Å². The first-order valence-corrected chi connectivity index (χ1v) is 6.88. The number of benzene rings is 1. The number of hydrogen-bond acceptors (Lipinski definition) is 2. The number of halogens is 3. The van der Waals surface area contributed by atoms with E-state index in [9.17, 15) is 4.21 Å². The van der Waals surface area contributed by atoms with Crippen molar-refractivity contribution >= 4 is 64.6 Å². The average Bonchev–Trinajstić information content (AvgIpc) is 2.01. The lowest BCUT2D eigenvalue weighted by molar-refractivity contribution is 0.564. The highest BCUT2D eigenvalue weighted by Crippen LogP contribution is 2.45. The van der Waals surface area contributed by atoms with Gasteiger partial charge in [0.2, 0.25) is 0 Å². The van der Waals surface area contributed by atoms with Crippen LogP contribution in [0.15, 0.2) is 23.1 Å². The van der Waals surface area contributed by atoms with Crippen molar-refractivity contribution in [3.8, 4) is 0 Å². The Morgan fingerprint density at radius 3 is 2.29 bits per heavy atom. The van der Waals surface area contributed by atoms with Crippen LogP contribution in [-0.2, 0) is 13.2 Å². The molecule has 0 saturated carbocycles.